The van der Waals surface area contributed by atoms with Crippen LogP contribution in [0.15, 0.2) is 22.7 Å². The number of nitrogens with two attached hydrogens (primary N) is 1. The van der Waals surface area contributed by atoms with Gasteiger partial charge in [-0.05, 0) is 31.0 Å². The Morgan fingerprint density at radius 1 is 1.28 bits per heavy atom. The Balaban J connectivity index is 2.01. The van der Waals surface area contributed by atoms with Crippen LogP contribution in [0.1, 0.15) is 32.1 Å². The predicted molar refractivity (Wildman–Crippen MR) is 79.6 cm³/mol. The van der Waals surface area contributed by atoms with Gasteiger partial charge in [-0.2, -0.15) is 0 Å². The van der Waals surface area contributed by atoms with Gasteiger partial charge >= 0.3 is 0 Å². The van der Waals surface area contributed by atoms with Gasteiger partial charge in [0.1, 0.15) is 0 Å². The van der Waals surface area contributed by atoms with E-state index in [4.69, 9.17) is 5.73 Å². The summed E-state index contributed by atoms with van der Waals surface area (Å²) >= 11 is 3.40. The highest BCUT2D eigenvalue weighted by Gasteiger charge is 2.31. The maximum atomic E-state index is 9.65. The normalized spacial score (nSPS) is 18.6. The standard InChI is InChI=1S/C14H21BrN2O/c15-11-4-5-13(12(16)8-11)17-9-14(10-18)6-2-1-3-7-14/h4-5,8,17-18H,1-3,6-7,9-10,16H2. The van der Waals surface area contributed by atoms with Crippen molar-refractivity contribution in [3.63, 3.8) is 0 Å². The highest BCUT2D eigenvalue weighted by atomic mass is 79.9. The van der Waals surface area contributed by atoms with Gasteiger partial charge in [-0.15, -0.1) is 0 Å². The van der Waals surface area contributed by atoms with Crippen LogP contribution in [0.2, 0.25) is 0 Å². The summed E-state index contributed by atoms with van der Waals surface area (Å²) in [5.74, 6) is 0. The summed E-state index contributed by atoms with van der Waals surface area (Å²) in [5, 5.41) is 13.1. The van der Waals surface area contributed by atoms with E-state index >= 15 is 0 Å². The van der Waals surface area contributed by atoms with Crippen molar-refractivity contribution in [1.29, 1.82) is 0 Å². The van der Waals surface area contributed by atoms with Crippen molar-refractivity contribution in [2.45, 2.75) is 32.1 Å². The van der Waals surface area contributed by atoms with Crippen LogP contribution < -0.4 is 11.1 Å². The molecule has 0 bridgehead atoms. The van der Waals surface area contributed by atoms with E-state index in [1.54, 1.807) is 0 Å². The number of nitrogen functional groups attached to an aromatic ring is 1. The molecular weight excluding hydrogens is 292 g/mol. The topological polar surface area (TPSA) is 58.3 Å². The maximum Gasteiger partial charge on any atom is 0.0574 e. The molecule has 1 saturated carbocycles. The lowest BCUT2D eigenvalue weighted by atomic mass is 9.74. The summed E-state index contributed by atoms with van der Waals surface area (Å²) in [6, 6.07) is 5.85. The molecule has 1 aromatic rings. The molecule has 1 fully saturated rings. The van der Waals surface area contributed by atoms with Crippen molar-refractivity contribution in [2.24, 2.45) is 5.41 Å². The molecule has 4 heteroatoms. The smallest absolute Gasteiger partial charge is 0.0574 e. The minimum absolute atomic E-state index is 0.0394. The van der Waals surface area contributed by atoms with E-state index in [0.29, 0.717) is 0 Å². The molecule has 0 saturated heterocycles. The molecule has 0 unspecified atom stereocenters. The zero-order chi connectivity index (χ0) is 13.0. The van der Waals surface area contributed by atoms with E-state index in [0.717, 1.165) is 35.2 Å². The van der Waals surface area contributed by atoms with Gasteiger partial charge in [0, 0.05) is 16.4 Å². The Kier molecular flexibility index (Phi) is 4.51. The Labute approximate surface area is 117 Å². The van der Waals surface area contributed by atoms with Crippen molar-refractivity contribution in [1.82, 2.24) is 0 Å². The van der Waals surface area contributed by atoms with E-state index in [1.165, 1.54) is 19.3 Å². The minimum Gasteiger partial charge on any atom is -0.397 e. The second kappa shape index (κ2) is 5.93. The summed E-state index contributed by atoms with van der Waals surface area (Å²) in [4.78, 5) is 0. The number of aliphatic hydroxyl groups excluding tert-OH is 1. The lowest BCUT2D eigenvalue weighted by molar-refractivity contribution is 0.0944. The number of aliphatic hydroxyl groups is 1. The molecule has 0 spiro atoms. The molecule has 0 amide bonds. The van der Waals surface area contributed by atoms with Crippen LogP contribution in [0, 0.1) is 5.41 Å². The summed E-state index contributed by atoms with van der Waals surface area (Å²) < 4.78 is 0.986. The average molecular weight is 313 g/mol. The van der Waals surface area contributed by atoms with Crippen molar-refractivity contribution >= 4 is 27.3 Å². The maximum absolute atomic E-state index is 9.65. The largest absolute Gasteiger partial charge is 0.397 e. The Morgan fingerprint density at radius 3 is 2.61 bits per heavy atom. The van der Waals surface area contributed by atoms with Crippen molar-refractivity contribution < 1.29 is 5.11 Å². The van der Waals surface area contributed by atoms with Crippen LogP contribution in [-0.2, 0) is 0 Å². The zero-order valence-electron chi connectivity index (χ0n) is 10.6. The zero-order valence-corrected chi connectivity index (χ0v) is 12.2. The lowest BCUT2D eigenvalue weighted by Crippen LogP contribution is -2.35. The number of nitrogens with one attached hydrogen (secondary N) is 1. The second-order valence-corrected chi connectivity index (χ2v) is 6.22. The number of benzene rings is 1. The summed E-state index contributed by atoms with van der Waals surface area (Å²) in [6.07, 6.45) is 5.94. The van der Waals surface area contributed by atoms with Crippen LogP contribution in [-0.4, -0.2) is 18.3 Å². The molecule has 4 N–H and O–H groups in total. The summed E-state index contributed by atoms with van der Waals surface area (Å²) in [7, 11) is 0. The third-order valence-corrected chi connectivity index (χ3v) is 4.41. The molecule has 0 atom stereocenters. The molecule has 0 aliphatic heterocycles. The monoisotopic (exact) mass is 312 g/mol. The summed E-state index contributed by atoms with van der Waals surface area (Å²) in [5.41, 5.74) is 7.70. The molecule has 1 aliphatic carbocycles. The van der Waals surface area contributed by atoms with Crippen LogP contribution in [0.25, 0.3) is 0 Å². The van der Waals surface area contributed by atoms with E-state index in [-0.39, 0.29) is 12.0 Å². The van der Waals surface area contributed by atoms with Crippen LogP contribution in [0.4, 0.5) is 11.4 Å². The van der Waals surface area contributed by atoms with Gasteiger partial charge in [0.2, 0.25) is 0 Å². The molecular formula is C14H21BrN2O. The lowest BCUT2D eigenvalue weighted by Gasteiger charge is -2.36. The van der Waals surface area contributed by atoms with Gasteiger partial charge in [0.15, 0.2) is 0 Å². The molecule has 0 radical (unpaired) electrons. The third kappa shape index (κ3) is 3.18. The molecule has 1 aliphatic rings. The number of halogens is 1. The molecule has 18 heavy (non-hydrogen) atoms. The second-order valence-electron chi connectivity index (χ2n) is 5.30. The number of hydrogen-bond acceptors (Lipinski definition) is 3. The van der Waals surface area contributed by atoms with E-state index < -0.39 is 0 Å². The minimum atomic E-state index is 0.0394. The highest BCUT2D eigenvalue weighted by molar-refractivity contribution is 9.10. The van der Waals surface area contributed by atoms with Gasteiger partial charge in [-0.1, -0.05) is 35.2 Å². The first-order valence-corrected chi connectivity index (χ1v) is 7.34. The fourth-order valence-electron chi connectivity index (χ4n) is 2.67. The Morgan fingerprint density at radius 2 is 2.00 bits per heavy atom. The number of anilines is 2. The first-order valence-electron chi connectivity index (χ1n) is 6.55. The van der Waals surface area contributed by atoms with Crippen LogP contribution >= 0.6 is 15.9 Å². The number of hydrogen-bond donors (Lipinski definition) is 3. The van der Waals surface area contributed by atoms with E-state index in [1.807, 2.05) is 18.2 Å². The Bertz CT molecular complexity index is 403. The quantitative estimate of drug-likeness (QED) is 0.747. The molecule has 100 valence electrons. The highest BCUT2D eigenvalue weighted by Crippen LogP contribution is 2.36. The fourth-order valence-corrected chi connectivity index (χ4v) is 3.05. The van der Waals surface area contributed by atoms with Crippen molar-refractivity contribution in [2.75, 3.05) is 24.2 Å². The summed E-state index contributed by atoms with van der Waals surface area (Å²) in [6.45, 7) is 1.06. The SMILES string of the molecule is Nc1cc(Br)ccc1NCC1(CO)CCCCC1. The molecule has 0 heterocycles. The van der Waals surface area contributed by atoms with Crippen molar-refractivity contribution in [3.05, 3.63) is 22.7 Å². The van der Waals surface area contributed by atoms with E-state index in [9.17, 15) is 5.11 Å². The average Bonchev–Trinajstić information content (AvgIpc) is 2.39. The van der Waals surface area contributed by atoms with Crippen LogP contribution in [0.5, 0.6) is 0 Å². The fraction of sp³-hybridized carbons (Fsp3) is 0.571. The first-order chi connectivity index (χ1) is 8.65. The number of rotatable bonds is 4. The molecule has 3 nitrogen and oxygen atoms in total. The first kappa shape index (κ1) is 13.7. The van der Waals surface area contributed by atoms with Gasteiger partial charge in [-0.25, -0.2) is 0 Å². The van der Waals surface area contributed by atoms with Gasteiger partial charge < -0.3 is 16.2 Å². The van der Waals surface area contributed by atoms with Crippen LogP contribution in [0.3, 0.4) is 0 Å². The van der Waals surface area contributed by atoms with Crippen molar-refractivity contribution in [3.8, 4) is 0 Å². The molecule has 1 aromatic carbocycles. The molecule has 2 rings (SSSR count). The van der Waals surface area contributed by atoms with Gasteiger partial charge in [0.05, 0.1) is 18.0 Å². The Hall–Kier alpha value is -0.740. The predicted octanol–water partition coefficient (Wildman–Crippen LogP) is 3.39. The molecule has 0 aromatic heterocycles. The van der Waals surface area contributed by atoms with E-state index in [2.05, 4.69) is 21.2 Å². The van der Waals surface area contributed by atoms with Gasteiger partial charge in [0.25, 0.3) is 0 Å². The van der Waals surface area contributed by atoms with Gasteiger partial charge in [-0.3, -0.25) is 0 Å². The third-order valence-electron chi connectivity index (χ3n) is 3.92.